The summed E-state index contributed by atoms with van der Waals surface area (Å²) in [5, 5.41) is 3.38. The van der Waals surface area contributed by atoms with Crippen LogP contribution in [-0.4, -0.2) is 5.91 Å². The molecule has 2 rings (SSSR count). The maximum Gasteiger partial charge on any atom is 0.257 e. The van der Waals surface area contributed by atoms with Gasteiger partial charge in [0, 0.05) is 20.9 Å². The molecule has 0 unspecified atom stereocenters. The molecule has 0 radical (unpaired) electrons. The third-order valence-corrected chi connectivity index (χ3v) is 3.43. The van der Waals surface area contributed by atoms with E-state index in [4.69, 9.17) is 17.3 Å². The Balaban J connectivity index is 2.28. The van der Waals surface area contributed by atoms with Crippen molar-refractivity contribution in [3.8, 4) is 0 Å². The molecule has 19 heavy (non-hydrogen) atoms. The lowest BCUT2D eigenvalue weighted by Crippen LogP contribution is -2.14. The number of carbonyl (C=O) groups is 1. The van der Waals surface area contributed by atoms with Gasteiger partial charge in [-0.1, -0.05) is 33.6 Å². The summed E-state index contributed by atoms with van der Waals surface area (Å²) in [5.74, 6) is -0.254. The Kier molecular flexibility index (Phi) is 4.12. The van der Waals surface area contributed by atoms with Crippen LogP contribution in [0.15, 0.2) is 40.9 Å². The number of benzene rings is 2. The molecule has 0 aliphatic carbocycles. The highest BCUT2D eigenvalue weighted by Gasteiger charge is 2.11. The van der Waals surface area contributed by atoms with Crippen LogP contribution in [0, 0.1) is 6.92 Å². The second kappa shape index (κ2) is 5.63. The fourth-order valence-electron chi connectivity index (χ4n) is 1.66. The number of carbonyl (C=O) groups excluding carboxylic acids is 1. The number of nitrogens with two attached hydrogens (primary N) is 1. The fraction of sp³-hybridized carbons (Fsp3) is 0.0714. The summed E-state index contributed by atoms with van der Waals surface area (Å²) < 4.78 is 0.834. The van der Waals surface area contributed by atoms with Gasteiger partial charge in [-0.2, -0.15) is 0 Å². The van der Waals surface area contributed by atoms with E-state index < -0.39 is 0 Å². The fourth-order valence-corrected chi connectivity index (χ4v) is 2.21. The Morgan fingerprint density at radius 1 is 1.26 bits per heavy atom. The van der Waals surface area contributed by atoms with Crippen LogP contribution in [0.1, 0.15) is 15.9 Å². The molecule has 0 heterocycles. The highest BCUT2D eigenvalue weighted by Crippen LogP contribution is 2.23. The molecule has 3 N–H and O–H groups in total. The van der Waals surface area contributed by atoms with Gasteiger partial charge < -0.3 is 11.1 Å². The number of rotatable bonds is 2. The van der Waals surface area contributed by atoms with Crippen molar-refractivity contribution in [2.75, 3.05) is 11.1 Å². The minimum Gasteiger partial charge on any atom is -0.398 e. The molecule has 3 nitrogen and oxygen atoms in total. The van der Waals surface area contributed by atoms with Gasteiger partial charge in [0.2, 0.25) is 0 Å². The average molecular weight is 340 g/mol. The lowest BCUT2D eigenvalue weighted by molar-refractivity contribution is 0.102. The number of anilines is 2. The van der Waals surface area contributed by atoms with Crippen molar-refractivity contribution in [2.45, 2.75) is 6.92 Å². The zero-order chi connectivity index (χ0) is 14.0. The summed E-state index contributed by atoms with van der Waals surface area (Å²) in [5.41, 5.74) is 8.30. The molecule has 0 fully saturated rings. The molecule has 0 spiro atoms. The third kappa shape index (κ3) is 3.28. The lowest BCUT2D eigenvalue weighted by atomic mass is 10.1. The van der Waals surface area contributed by atoms with Crippen LogP contribution < -0.4 is 11.1 Å². The van der Waals surface area contributed by atoms with E-state index in [9.17, 15) is 4.79 Å². The molecule has 0 aliphatic heterocycles. The quantitative estimate of drug-likeness (QED) is 0.804. The first kappa shape index (κ1) is 13.9. The van der Waals surface area contributed by atoms with E-state index in [0.29, 0.717) is 22.0 Å². The third-order valence-electron chi connectivity index (χ3n) is 2.71. The number of aryl methyl sites for hydroxylation is 1. The topological polar surface area (TPSA) is 55.1 Å². The first-order chi connectivity index (χ1) is 8.97. The Hall–Kier alpha value is -1.52. The standard InChI is InChI=1S/C14H12BrClN2O/c1-8-2-4-10(16)7-13(8)18-14(19)11-5-3-9(15)6-12(11)17/h2-7H,17H2,1H3,(H,18,19). The summed E-state index contributed by atoms with van der Waals surface area (Å²) >= 11 is 9.22. The van der Waals surface area contributed by atoms with Crippen LogP contribution in [0.5, 0.6) is 0 Å². The van der Waals surface area contributed by atoms with Crippen molar-refractivity contribution >= 4 is 44.8 Å². The van der Waals surface area contributed by atoms with Gasteiger partial charge in [0.05, 0.1) is 5.56 Å². The van der Waals surface area contributed by atoms with E-state index in [1.165, 1.54) is 0 Å². The predicted octanol–water partition coefficient (Wildman–Crippen LogP) is 4.25. The number of nitrogen functional groups attached to an aromatic ring is 1. The molecule has 0 bridgehead atoms. The number of halogens is 2. The highest BCUT2D eigenvalue weighted by atomic mass is 79.9. The summed E-state index contributed by atoms with van der Waals surface area (Å²) in [4.78, 5) is 12.2. The molecule has 0 aliphatic rings. The number of hydrogen-bond acceptors (Lipinski definition) is 2. The Morgan fingerprint density at radius 2 is 2.00 bits per heavy atom. The first-order valence-corrected chi connectivity index (χ1v) is 6.77. The molecule has 0 atom stereocenters. The molecule has 0 saturated carbocycles. The number of hydrogen-bond donors (Lipinski definition) is 2. The van der Waals surface area contributed by atoms with Crippen LogP contribution in [-0.2, 0) is 0 Å². The normalized spacial score (nSPS) is 10.3. The zero-order valence-electron chi connectivity index (χ0n) is 10.2. The monoisotopic (exact) mass is 338 g/mol. The van der Waals surface area contributed by atoms with Crippen LogP contribution in [0.3, 0.4) is 0 Å². The van der Waals surface area contributed by atoms with Gasteiger partial charge in [-0.15, -0.1) is 0 Å². The van der Waals surface area contributed by atoms with E-state index >= 15 is 0 Å². The van der Waals surface area contributed by atoms with Crippen molar-refractivity contribution < 1.29 is 4.79 Å². The molecule has 2 aromatic carbocycles. The minimum atomic E-state index is -0.254. The SMILES string of the molecule is Cc1ccc(Cl)cc1NC(=O)c1ccc(Br)cc1N. The zero-order valence-corrected chi connectivity index (χ0v) is 12.5. The van der Waals surface area contributed by atoms with Crippen molar-refractivity contribution in [2.24, 2.45) is 0 Å². The van der Waals surface area contributed by atoms with E-state index in [1.807, 2.05) is 13.0 Å². The molecule has 0 aromatic heterocycles. The van der Waals surface area contributed by atoms with Crippen molar-refractivity contribution in [3.05, 3.63) is 57.0 Å². The summed E-state index contributed by atoms with van der Waals surface area (Å²) in [7, 11) is 0. The van der Waals surface area contributed by atoms with Gasteiger partial charge in [-0.25, -0.2) is 0 Å². The molecular weight excluding hydrogens is 328 g/mol. The highest BCUT2D eigenvalue weighted by molar-refractivity contribution is 9.10. The van der Waals surface area contributed by atoms with Crippen molar-refractivity contribution in [3.63, 3.8) is 0 Å². The van der Waals surface area contributed by atoms with E-state index in [0.717, 1.165) is 10.0 Å². The average Bonchev–Trinajstić information content (AvgIpc) is 2.33. The Bertz CT molecular complexity index is 643. The predicted molar refractivity (Wildman–Crippen MR) is 82.7 cm³/mol. The smallest absolute Gasteiger partial charge is 0.257 e. The van der Waals surface area contributed by atoms with Crippen molar-refractivity contribution in [1.29, 1.82) is 0 Å². The maximum atomic E-state index is 12.2. The number of nitrogens with one attached hydrogen (secondary N) is 1. The molecule has 2 aromatic rings. The Morgan fingerprint density at radius 3 is 2.68 bits per heavy atom. The van der Waals surface area contributed by atoms with Gasteiger partial charge in [-0.05, 0) is 42.8 Å². The molecule has 5 heteroatoms. The van der Waals surface area contributed by atoms with Gasteiger partial charge in [0.15, 0.2) is 0 Å². The molecule has 1 amide bonds. The van der Waals surface area contributed by atoms with Crippen molar-refractivity contribution in [1.82, 2.24) is 0 Å². The summed E-state index contributed by atoms with van der Waals surface area (Å²) in [6, 6.07) is 10.5. The Labute approximate surface area is 124 Å². The summed E-state index contributed by atoms with van der Waals surface area (Å²) in [6.45, 7) is 1.90. The molecule has 0 saturated heterocycles. The van der Waals surface area contributed by atoms with Gasteiger partial charge in [-0.3, -0.25) is 4.79 Å². The number of amides is 1. The minimum absolute atomic E-state index is 0.254. The van der Waals surface area contributed by atoms with Gasteiger partial charge in [0.1, 0.15) is 0 Å². The van der Waals surface area contributed by atoms with E-state index in [-0.39, 0.29) is 5.91 Å². The summed E-state index contributed by atoms with van der Waals surface area (Å²) in [6.07, 6.45) is 0. The van der Waals surface area contributed by atoms with Crippen LogP contribution in [0.25, 0.3) is 0 Å². The lowest BCUT2D eigenvalue weighted by Gasteiger charge is -2.10. The van der Waals surface area contributed by atoms with Crippen LogP contribution in [0.2, 0.25) is 5.02 Å². The first-order valence-electron chi connectivity index (χ1n) is 5.60. The van der Waals surface area contributed by atoms with Crippen LogP contribution >= 0.6 is 27.5 Å². The largest absolute Gasteiger partial charge is 0.398 e. The van der Waals surface area contributed by atoms with E-state index in [2.05, 4.69) is 21.2 Å². The molecular formula is C14H12BrClN2O. The molecule has 98 valence electrons. The van der Waals surface area contributed by atoms with Crippen LogP contribution in [0.4, 0.5) is 11.4 Å². The second-order valence-electron chi connectivity index (χ2n) is 4.14. The maximum absolute atomic E-state index is 12.2. The second-order valence-corrected chi connectivity index (χ2v) is 5.50. The van der Waals surface area contributed by atoms with Gasteiger partial charge >= 0.3 is 0 Å². The van der Waals surface area contributed by atoms with E-state index in [1.54, 1.807) is 30.3 Å². The van der Waals surface area contributed by atoms with Gasteiger partial charge in [0.25, 0.3) is 5.91 Å².